The molecule has 132 valence electrons. The molecule has 1 fully saturated rings. The number of benzene rings is 1. The van der Waals surface area contributed by atoms with Crippen LogP contribution in [0.1, 0.15) is 18.1 Å². The number of piperazine rings is 1. The van der Waals surface area contributed by atoms with E-state index in [1.807, 2.05) is 6.07 Å². The summed E-state index contributed by atoms with van der Waals surface area (Å²) in [6.07, 6.45) is 3.59. The van der Waals surface area contributed by atoms with Crippen LogP contribution < -0.4 is 10.2 Å². The Labute approximate surface area is 149 Å². The molecule has 0 amide bonds. The van der Waals surface area contributed by atoms with Crippen LogP contribution in [0.15, 0.2) is 47.7 Å². The van der Waals surface area contributed by atoms with Gasteiger partial charge in [0.05, 0.1) is 6.54 Å². The third-order valence-corrected chi connectivity index (χ3v) is 4.28. The van der Waals surface area contributed by atoms with Crippen molar-refractivity contribution >= 4 is 11.9 Å². The van der Waals surface area contributed by atoms with Crippen molar-refractivity contribution in [1.29, 1.82) is 0 Å². The van der Waals surface area contributed by atoms with Gasteiger partial charge in [0.1, 0.15) is 0 Å². The predicted octanol–water partition coefficient (Wildman–Crippen LogP) is 2.07. The highest BCUT2D eigenvalue weighted by atomic mass is 15.4. The fourth-order valence-corrected chi connectivity index (χ4v) is 2.86. The fraction of sp³-hybridized carbons (Fsp3) is 0.421. The molecule has 1 aliphatic rings. The second-order valence-electron chi connectivity index (χ2n) is 6.18. The van der Waals surface area contributed by atoms with E-state index < -0.39 is 0 Å². The number of aliphatic imine (C=N–C) groups is 1. The maximum atomic E-state index is 4.82. The molecule has 0 aliphatic carbocycles. The first kappa shape index (κ1) is 17.2. The topological polar surface area (TPSA) is 56.7 Å². The second-order valence-corrected chi connectivity index (χ2v) is 6.18. The zero-order valence-electron chi connectivity index (χ0n) is 15.0. The van der Waals surface area contributed by atoms with Gasteiger partial charge < -0.3 is 15.1 Å². The number of nitrogens with zero attached hydrogens (tertiary/aromatic N) is 5. The van der Waals surface area contributed by atoms with E-state index in [4.69, 9.17) is 4.99 Å². The minimum Gasteiger partial charge on any atom is -0.357 e. The lowest BCUT2D eigenvalue weighted by Gasteiger charge is -2.36. The van der Waals surface area contributed by atoms with Crippen molar-refractivity contribution in [3.8, 4) is 0 Å². The zero-order valence-corrected chi connectivity index (χ0v) is 15.0. The van der Waals surface area contributed by atoms with E-state index in [0.717, 1.165) is 44.6 Å². The maximum absolute atomic E-state index is 4.82. The van der Waals surface area contributed by atoms with Gasteiger partial charge in [-0.1, -0.05) is 29.8 Å². The van der Waals surface area contributed by atoms with Crippen LogP contribution in [0.3, 0.4) is 0 Å². The van der Waals surface area contributed by atoms with Gasteiger partial charge in [-0.3, -0.25) is 0 Å². The number of aromatic nitrogens is 2. The summed E-state index contributed by atoms with van der Waals surface area (Å²) in [6.45, 7) is 9.41. The molecule has 1 aromatic carbocycles. The monoisotopic (exact) mass is 338 g/mol. The molecule has 25 heavy (non-hydrogen) atoms. The molecular weight excluding hydrogens is 312 g/mol. The van der Waals surface area contributed by atoms with Gasteiger partial charge in [-0.05, 0) is 25.5 Å². The average Bonchev–Trinajstić information content (AvgIpc) is 2.67. The van der Waals surface area contributed by atoms with Crippen molar-refractivity contribution in [2.45, 2.75) is 20.4 Å². The zero-order chi connectivity index (χ0) is 17.5. The summed E-state index contributed by atoms with van der Waals surface area (Å²) in [7, 11) is 0. The lowest BCUT2D eigenvalue weighted by Crippen LogP contribution is -2.52. The Hall–Kier alpha value is -2.63. The van der Waals surface area contributed by atoms with E-state index in [2.05, 4.69) is 63.2 Å². The lowest BCUT2D eigenvalue weighted by atomic mass is 10.1. The first-order chi connectivity index (χ1) is 12.3. The van der Waals surface area contributed by atoms with Crippen molar-refractivity contribution in [2.24, 2.45) is 4.99 Å². The first-order valence-electron chi connectivity index (χ1n) is 8.87. The normalized spacial score (nSPS) is 15.4. The highest BCUT2D eigenvalue weighted by Crippen LogP contribution is 2.10. The van der Waals surface area contributed by atoms with E-state index in [0.29, 0.717) is 6.54 Å². The molecule has 0 atom stereocenters. The molecule has 2 heterocycles. The van der Waals surface area contributed by atoms with Crippen molar-refractivity contribution in [1.82, 2.24) is 20.2 Å². The van der Waals surface area contributed by atoms with Crippen molar-refractivity contribution in [2.75, 3.05) is 37.6 Å². The van der Waals surface area contributed by atoms with Crippen LogP contribution in [0.5, 0.6) is 0 Å². The van der Waals surface area contributed by atoms with Crippen LogP contribution >= 0.6 is 0 Å². The van der Waals surface area contributed by atoms with E-state index in [1.54, 1.807) is 12.4 Å². The summed E-state index contributed by atoms with van der Waals surface area (Å²) in [5.74, 6) is 1.79. The van der Waals surface area contributed by atoms with E-state index in [-0.39, 0.29) is 0 Å². The SMILES string of the molecule is CCNC(=NCc1ccc(C)cc1)N1CCN(c2ncccn2)CC1. The van der Waals surface area contributed by atoms with Crippen LogP contribution in [-0.4, -0.2) is 53.6 Å². The summed E-state index contributed by atoms with van der Waals surface area (Å²) >= 11 is 0. The molecule has 3 rings (SSSR count). The van der Waals surface area contributed by atoms with Gasteiger partial charge in [-0.25, -0.2) is 15.0 Å². The first-order valence-corrected chi connectivity index (χ1v) is 8.87. The predicted molar refractivity (Wildman–Crippen MR) is 102 cm³/mol. The van der Waals surface area contributed by atoms with Gasteiger partial charge in [0.2, 0.25) is 5.95 Å². The highest BCUT2D eigenvalue weighted by Gasteiger charge is 2.20. The number of aryl methyl sites for hydroxylation is 1. The highest BCUT2D eigenvalue weighted by molar-refractivity contribution is 5.80. The van der Waals surface area contributed by atoms with E-state index in [9.17, 15) is 0 Å². The van der Waals surface area contributed by atoms with Crippen LogP contribution in [0.25, 0.3) is 0 Å². The smallest absolute Gasteiger partial charge is 0.225 e. The van der Waals surface area contributed by atoms with Gasteiger partial charge in [-0.15, -0.1) is 0 Å². The van der Waals surface area contributed by atoms with E-state index >= 15 is 0 Å². The number of hydrogen-bond donors (Lipinski definition) is 1. The Morgan fingerprint density at radius 2 is 1.76 bits per heavy atom. The number of rotatable bonds is 4. The number of hydrogen-bond acceptors (Lipinski definition) is 4. The number of guanidine groups is 1. The van der Waals surface area contributed by atoms with Gasteiger partial charge in [-0.2, -0.15) is 0 Å². The van der Waals surface area contributed by atoms with Crippen molar-refractivity contribution in [3.63, 3.8) is 0 Å². The number of nitrogens with one attached hydrogen (secondary N) is 1. The molecule has 1 aromatic heterocycles. The van der Waals surface area contributed by atoms with Crippen LogP contribution in [0, 0.1) is 6.92 Å². The number of anilines is 1. The Kier molecular flexibility index (Phi) is 5.82. The quantitative estimate of drug-likeness (QED) is 0.683. The molecule has 1 saturated heterocycles. The minimum atomic E-state index is 0.699. The summed E-state index contributed by atoms with van der Waals surface area (Å²) in [5.41, 5.74) is 2.51. The maximum Gasteiger partial charge on any atom is 0.225 e. The molecule has 2 aromatic rings. The molecule has 6 nitrogen and oxygen atoms in total. The Morgan fingerprint density at radius 1 is 1.08 bits per heavy atom. The standard InChI is InChI=1S/C19H26N6/c1-3-20-18(23-15-17-7-5-16(2)6-8-17)24-11-13-25(14-12-24)19-21-9-4-10-22-19/h4-10H,3,11-15H2,1-2H3,(H,20,23). The molecular formula is C19H26N6. The summed E-state index contributed by atoms with van der Waals surface area (Å²) < 4.78 is 0. The van der Waals surface area contributed by atoms with Crippen LogP contribution in [0.2, 0.25) is 0 Å². The summed E-state index contributed by atoms with van der Waals surface area (Å²) in [6, 6.07) is 10.4. The van der Waals surface area contributed by atoms with Crippen molar-refractivity contribution < 1.29 is 0 Å². The van der Waals surface area contributed by atoms with E-state index in [1.165, 1.54) is 11.1 Å². The van der Waals surface area contributed by atoms with Gasteiger partial charge in [0, 0.05) is 45.1 Å². The van der Waals surface area contributed by atoms with Crippen LogP contribution in [0.4, 0.5) is 5.95 Å². The molecule has 0 radical (unpaired) electrons. The minimum absolute atomic E-state index is 0.699. The lowest BCUT2D eigenvalue weighted by molar-refractivity contribution is 0.370. The third-order valence-electron chi connectivity index (χ3n) is 4.28. The largest absolute Gasteiger partial charge is 0.357 e. The van der Waals surface area contributed by atoms with Crippen molar-refractivity contribution in [3.05, 3.63) is 53.9 Å². The van der Waals surface area contributed by atoms with Gasteiger partial charge >= 0.3 is 0 Å². The fourth-order valence-electron chi connectivity index (χ4n) is 2.86. The summed E-state index contributed by atoms with van der Waals surface area (Å²) in [5, 5.41) is 3.41. The third kappa shape index (κ3) is 4.68. The average molecular weight is 338 g/mol. The Morgan fingerprint density at radius 3 is 2.40 bits per heavy atom. The molecule has 1 aliphatic heterocycles. The van der Waals surface area contributed by atoms with Crippen LogP contribution in [-0.2, 0) is 6.54 Å². The second kappa shape index (κ2) is 8.46. The molecule has 6 heteroatoms. The Balaban J connectivity index is 1.61. The summed E-state index contributed by atoms with van der Waals surface area (Å²) in [4.78, 5) is 18.0. The van der Waals surface area contributed by atoms with Gasteiger partial charge in [0.25, 0.3) is 0 Å². The Bertz CT molecular complexity index is 675. The molecule has 1 N–H and O–H groups in total. The van der Waals surface area contributed by atoms with Gasteiger partial charge in [0.15, 0.2) is 5.96 Å². The molecule has 0 spiro atoms. The molecule has 0 bridgehead atoms. The molecule has 0 saturated carbocycles. The molecule has 0 unspecified atom stereocenters.